The molecule has 0 spiro atoms. The highest BCUT2D eigenvalue weighted by Gasteiger charge is 2.57. The van der Waals surface area contributed by atoms with E-state index in [9.17, 15) is 9.59 Å². The fraction of sp³-hybridized carbons (Fsp3) is 0.500. The number of amides is 2. The summed E-state index contributed by atoms with van der Waals surface area (Å²) in [5.41, 5.74) is 1.72. The van der Waals surface area contributed by atoms with E-state index in [0.717, 1.165) is 5.56 Å². The standard InChI is InChI=1S/C16H20N2O3S/c1-16(2)12(13(19)17-8-9-21-3)18-14(20)10-6-4-5-7-11(10)15(18)22-16/h4-7,12,15H,8-9H2,1-3H3,(H,17,19)/t12-,15+/m0/s1. The number of methoxy groups -OCH3 is 1. The van der Waals surface area contributed by atoms with Gasteiger partial charge in [0.15, 0.2) is 0 Å². The molecule has 6 heteroatoms. The molecule has 2 atom stereocenters. The normalized spacial score (nSPS) is 25.0. The van der Waals surface area contributed by atoms with Crippen LogP contribution >= 0.6 is 11.8 Å². The minimum Gasteiger partial charge on any atom is -0.383 e. The van der Waals surface area contributed by atoms with Gasteiger partial charge in [0.05, 0.1) is 6.61 Å². The van der Waals surface area contributed by atoms with E-state index in [2.05, 4.69) is 5.32 Å². The SMILES string of the molecule is COCCNC(=O)[C@@H]1N2C(=O)c3ccccc3[C@H]2SC1(C)C. The van der Waals surface area contributed by atoms with Crippen LogP contribution in [-0.4, -0.2) is 47.8 Å². The van der Waals surface area contributed by atoms with Gasteiger partial charge in [0.2, 0.25) is 5.91 Å². The fourth-order valence-corrected chi connectivity index (χ4v) is 4.77. The minimum atomic E-state index is -0.473. The predicted octanol–water partition coefficient (Wildman–Crippen LogP) is 1.80. The summed E-state index contributed by atoms with van der Waals surface area (Å²) in [5.74, 6) is -0.163. The molecule has 0 bridgehead atoms. The van der Waals surface area contributed by atoms with Crippen LogP contribution in [0.25, 0.3) is 0 Å². The van der Waals surface area contributed by atoms with Crippen molar-refractivity contribution < 1.29 is 14.3 Å². The lowest BCUT2D eigenvalue weighted by Crippen LogP contribution is -2.52. The number of nitrogens with one attached hydrogen (secondary N) is 1. The Hall–Kier alpha value is -1.53. The van der Waals surface area contributed by atoms with Crippen molar-refractivity contribution in [2.45, 2.75) is 30.0 Å². The number of benzene rings is 1. The molecule has 1 saturated heterocycles. The van der Waals surface area contributed by atoms with E-state index < -0.39 is 6.04 Å². The Morgan fingerprint density at radius 1 is 1.41 bits per heavy atom. The molecule has 0 aromatic heterocycles. The molecule has 2 aliphatic heterocycles. The molecule has 2 heterocycles. The zero-order chi connectivity index (χ0) is 15.9. The maximum absolute atomic E-state index is 12.7. The third-order valence-corrected chi connectivity index (χ3v) is 5.69. The monoisotopic (exact) mass is 320 g/mol. The maximum atomic E-state index is 12.7. The summed E-state index contributed by atoms with van der Waals surface area (Å²) in [6.45, 7) is 4.95. The first-order chi connectivity index (χ1) is 10.5. The number of fused-ring (bicyclic) bond motifs is 3. The molecule has 2 aliphatic rings. The van der Waals surface area contributed by atoms with Gasteiger partial charge in [-0.2, -0.15) is 0 Å². The lowest BCUT2D eigenvalue weighted by atomic mass is 10.0. The zero-order valence-electron chi connectivity index (χ0n) is 13.0. The average molecular weight is 320 g/mol. The van der Waals surface area contributed by atoms with Gasteiger partial charge in [-0.15, -0.1) is 11.8 Å². The molecule has 118 valence electrons. The van der Waals surface area contributed by atoms with Crippen LogP contribution in [0.1, 0.15) is 35.1 Å². The van der Waals surface area contributed by atoms with Gasteiger partial charge in [-0.05, 0) is 25.5 Å². The van der Waals surface area contributed by atoms with Crippen molar-refractivity contribution in [3.8, 4) is 0 Å². The molecule has 2 amide bonds. The Balaban J connectivity index is 1.89. The summed E-state index contributed by atoms with van der Waals surface area (Å²) in [4.78, 5) is 27.1. The quantitative estimate of drug-likeness (QED) is 0.860. The summed E-state index contributed by atoms with van der Waals surface area (Å²) < 4.78 is 4.64. The van der Waals surface area contributed by atoms with Gasteiger partial charge in [0, 0.05) is 24.0 Å². The van der Waals surface area contributed by atoms with E-state index in [0.29, 0.717) is 18.7 Å². The number of hydrogen-bond acceptors (Lipinski definition) is 4. The molecule has 22 heavy (non-hydrogen) atoms. The number of carbonyl (C=O) groups is 2. The summed E-state index contributed by atoms with van der Waals surface area (Å²) in [6.07, 6.45) is 0. The molecule has 5 nitrogen and oxygen atoms in total. The van der Waals surface area contributed by atoms with Gasteiger partial charge in [-0.3, -0.25) is 9.59 Å². The Morgan fingerprint density at radius 3 is 2.86 bits per heavy atom. The second-order valence-corrected chi connectivity index (χ2v) is 7.79. The second kappa shape index (κ2) is 5.59. The van der Waals surface area contributed by atoms with Crippen molar-refractivity contribution in [3.63, 3.8) is 0 Å². The van der Waals surface area contributed by atoms with Crippen LogP contribution in [0.2, 0.25) is 0 Å². The molecule has 0 unspecified atom stereocenters. The fourth-order valence-electron chi connectivity index (χ4n) is 3.18. The van der Waals surface area contributed by atoms with E-state index in [1.165, 1.54) is 0 Å². The Morgan fingerprint density at radius 2 is 2.14 bits per heavy atom. The second-order valence-electron chi connectivity index (χ2n) is 6.06. The largest absolute Gasteiger partial charge is 0.383 e. The number of thioether (sulfide) groups is 1. The number of carbonyl (C=O) groups excluding carboxylic acids is 2. The van der Waals surface area contributed by atoms with Crippen LogP contribution in [0.15, 0.2) is 24.3 Å². The van der Waals surface area contributed by atoms with Crippen molar-refractivity contribution in [1.29, 1.82) is 0 Å². The topological polar surface area (TPSA) is 58.6 Å². The summed E-state index contributed by atoms with van der Waals surface area (Å²) in [6, 6.07) is 7.15. The summed E-state index contributed by atoms with van der Waals surface area (Å²) in [5, 5.41) is 2.80. The molecule has 1 fully saturated rings. The van der Waals surface area contributed by atoms with E-state index in [-0.39, 0.29) is 21.9 Å². The Kier molecular flexibility index (Phi) is 3.91. The molecule has 0 aliphatic carbocycles. The third kappa shape index (κ3) is 2.30. The first kappa shape index (κ1) is 15.4. The van der Waals surface area contributed by atoms with E-state index in [1.807, 2.05) is 38.1 Å². The van der Waals surface area contributed by atoms with Gasteiger partial charge in [-0.25, -0.2) is 0 Å². The van der Waals surface area contributed by atoms with Crippen molar-refractivity contribution in [2.24, 2.45) is 0 Å². The highest BCUT2D eigenvalue weighted by molar-refractivity contribution is 8.01. The van der Waals surface area contributed by atoms with Crippen molar-refractivity contribution in [2.75, 3.05) is 20.3 Å². The molecule has 0 saturated carbocycles. The molecule has 3 rings (SSSR count). The Labute approximate surface area is 134 Å². The van der Waals surface area contributed by atoms with Crippen LogP contribution in [0, 0.1) is 0 Å². The van der Waals surface area contributed by atoms with Crippen LogP contribution in [0.5, 0.6) is 0 Å². The smallest absolute Gasteiger partial charge is 0.256 e. The van der Waals surface area contributed by atoms with Crippen molar-refractivity contribution in [3.05, 3.63) is 35.4 Å². The number of ether oxygens (including phenoxy) is 1. The van der Waals surface area contributed by atoms with Crippen LogP contribution in [-0.2, 0) is 9.53 Å². The molecule has 0 radical (unpaired) electrons. The van der Waals surface area contributed by atoms with E-state index in [4.69, 9.17) is 4.74 Å². The minimum absolute atomic E-state index is 0.0504. The Bertz CT molecular complexity index is 617. The third-order valence-electron chi connectivity index (χ3n) is 4.15. The number of rotatable bonds is 4. The molecular weight excluding hydrogens is 300 g/mol. The van der Waals surface area contributed by atoms with Crippen molar-refractivity contribution >= 4 is 23.6 Å². The summed E-state index contributed by atoms with van der Waals surface area (Å²) >= 11 is 1.67. The first-order valence-corrected chi connectivity index (χ1v) is 8.21. The zero-order valence-corrected chi connectivity index (χ0v) is 13.8. The lowest BCUT2D eigenvalue weighted by Gasteiger charge is -2.29. The number of hydrogen-bond donors (Lipinski definition) is 1. The van der Waals surface area contributed by atoms with Crippen LogP contribution in [0.3, 0.4) is 0 Å². The highest BCUT2D eigenvalue weighted by atomic mass is 32.2. The predicted molar refractivity (Wildman–Crippen MR) is 85.7 cm³/mol. The van der Waals surface area contributed by atoms with E-state index in [1.54, 1.807) is 23.8 Å². The van der Waals surface area contributed by atoms with Gasteiger partial charge in [0.1, 0.15) is 11.4 Å². The average Bonchev–Trinajstić information content (AvgIpc) is 2.91. The highest BCUT2D eigenvalue weighted by Crippen LogP contribution is 2.56. The molecule has 1 N–H and O–H groups in total. The molecule has 1 aromatic rings. The van der Waals surface area contributed by atoms with Gasteiger partial charge < -0.3 is 15.0 Å². The van der Waals surface area contributed by atoms with Gasteiger partial charge >= 0.3 is 0 Å². The van der Waals surface area contributed by atoms with Crippen LogP contribution in [0.4, 0.5) is 0 Å². The maximum Gasteiger partial charge on any atom is 0.256 e. The van der Waals surface area contributed by atoms with Gasteiger partial charge in [-0.1, -0.05) is 18.2 Å². The lowest BCUT2D eigenvalue weighted by molar-refractivity contribution is -0.126. The van der Waals surface area contributed by atoms with Crippen molar-refractivity contribution in [1.82, 2.24) is 10.2 Å². The van der Waals surface area contributed by atoms with Crippen LogP contribution < -0.4 is 5.32 Å². The summed E-state index contributed by atoms with van der Waals surface area (Å²) in [7, 11) is 1.60. The first-order valence-electron chi connectivity index (χ1n) is 7.33. The van der Waals surface area contributed by atoms with E-state index >= 15 is 0 Å². The molecular formula is C16H20N2O3S. The van der Waals surface area contributed by atoms with Gasteiger partial charge in [0.25, 0.3) is 5.91 Å². The number of nitrogens with zero attached hydrogens (tertiary/aromatic N) is 1. The molecule has 1 aromatic carbocycles.